The molecule has 6 heteroatoms. The summed E-state index contributed by atoms with van der Waals surface area (Å²) < 4.78 is 10.3. The van der Waals surface area contributed by atoms with E-state index >= 15 is 0 Å². The summed E-state index contributed by atoms with van der Waals surface area (Å²) in [4.78, 5) is 0. The van der Waals surface area contributed by atoms with Crippen LogP contribution in [0.5, 0.6) is 0 Å². The molecule has 0 aliphatic carbocycles. The van der Waals surface area contributed by atoms with Gasteiger partial charge in [0.05, 0.1) is 0 Å². The number of hydrogen-bond donors (Lipinski definition) is 1. The molecule has 0 rings (SSSR count). The largest absolute Gasteiger partial charge is 1.00 e. The van der Waals surface area contributed by atoms with Crippen LogP contribution >= 0.6 is 7.92 Å². The summed E-state index contributed by atoms with van der Waals surface area (Å²) in [5.74, 6) is 2.62. The number of nitrogens with zero attached hydrogens (tertiary/aromatic N) is 1. The molecule has 3 nitrogen and oxygen atoms in total. The van der Waals surface area contributed by atoms with Crippen LogP contribution in [0.3, 0.4) is 0 Å². The number of quaternary nitrogens is 1. The Morgan fingerprint density at radius 2 is 2.00 bits per heavy atom. The van der Waals surface area contributed by atoms with Gasteiger partial charge in [-0.15, -0.1) is 0 Å². The molecule has 0 aromatic carbocycles. The fourth-order valence-corrected chi connectivity index (χ4v) is 0.732. The Morgan fingerprint density at radius 1 is 1.55 bits per heavy atom. The molecule has 11 heavy (non-hydrogen) atoms. The van der Waals surface area contributed by atoms with Crippen molar-refractivity contribution in [3.63, 3.8) is 0 Å². The molecular weight excluding hydrogens is 195 g/mol. The first-order valence-corrected chi connectivity index (χ1v) is 3.47. The Labute approximate surface area is 96.6 Å². The molecule has 1 radical (unpaired) electrons. The number of rotatable bonds is 2. The molecule has 0 aromatic heterocycles. The normalized spacial score (nSPS) is 8.64. The second kappa shape index (κ2) is 9.31. The van der Waals surface area contributed by atoms with E-state index < -0.39 is 0 Å². The summed E-state index contributed by atoms with van der Waals surface area (Å²) in [6.45, 7) is 0.644. The molecule has 0 saturated heterocycles. The van der Waals surface area contributed by atoms with Gasteiger partial charge in [-0.25, -0.2) is 0 Å². The van der Waals surface area contributed by atoms with Gasteiger partial charge in [0.2, 0.25) is 0 Å². The third-order valence-corrected chi connectivity index (χ3v) is 1.59. The van der Waals surface area contributed by atoms with E-state index in [-0.39, 0.29) is 56.5 Å². The second-order valence-electron chi connectivity index (χ2n) is 2.32. The zero-order valence-electron chi connectivity index (χ0n) is 7.04. The molecule has 0 aliphatic rings. The van der Waals surface area contributed by atoms with Crippen molar-refractivity contribution in [1.29, 1.82) is 0 Å². The van der Waals surface area contributed by atoms with Crippen molar-refractivity contribution in [2.75, 3.05) is 27.2 Å². The van der Waals surface area contributed by atoms with E-state index in [1.165, 1.54) is 0 Å². The maximum atomic E-state index is 9.98. The van der Waals surface area contributed by atoms with Gasteiger partial charge in [-0.2, -0.15) is 0 Å². The predicted octanol–water partition coefficient (Wildman–Crippen LogP) is -3.11. The van der Waals surface area contributed by atoms with Gasteiger partial charge in [0, 0.05) is 29.6 Å². The van der Waals surface area contributed by atoms with Crippen LogP contribution in [0, 0.1) is 5.75 Å². The van der Waals surface area contributed by atoms with E-state index in [1.807, 2.05) is 14.1 Å². The zero-order chi connectivity index (χ0) is 7.33. The smallest absolute Gasteiger partial charge is 0 e. The van der Waals surface area contributed by atoms with Crippen LogP contribution in [0.4, 0.5) is 0 Å². The molecule has 0 unspecified atom stereocenters. The van der Waals surface area contributed by atoms with Crippen molar-refractivity contribution in [1.82, 2.24) is 0 Å². The maximum absolute atomic E-state index is 9.98. The van der Waals surface area contributed by atoms with Gasteiger partial charge in [0.1, 0.15) is 0 Å². The van der Waals surface area contributed by atoms with Crippen molar-refractivity contribution in [2.45, 2.75) is 0 Å². The minimum absolute atomic E-state index is 0. The van der Waals surface area contributed by atoms with Gasteiger partial charge >= 0.3 is 55.1 Å². The van der Waals surface area contributed by atoms with Gasteiger partial charge in [-0.3, -0.25) is 0 Å². The Balaban J connectivity index is -0.000000320. The minimum atomic E-state index is -0.105. The molecule has 1 N–H and O–H groups in total. The first-order chi connectivity index (χ1) is 4.12. The predicted molar refractivity (Wildman–Crippen MR) is 41.3 cm³/mol. The zero-order valence-corrected chi connectivity index (χ0v) is 10.7. The quantitative estimate of drug-likeness (QED) is 0.295. The number of halogens is 1. The fraction of sp³-hybridized carbons (Fsp3) is 0.800. The summed E-state index contributed by atoms with van der Waals surface area (Å²) in [6.07, 6.45) is 0. The molecule has 61 valence electrons. The van der Waals surface area contributed by atoms with Gasteiger partial charge in [-0.1, -0.05) is 0 Å². The Hall–Kier alpha value is 1.22. The Morgan fingerprint density at radius 3 is 2.27 bits per heavy atom. The van der Waals surface area contributed by atoms with E-state index in [0.717, 1.165) is 0 Å². The molecule has 0 heterocycles. The number of hydrogen-bond acceptors (Lipinski definition) is 2. The summed E-state index contributed by atoms with van der Waals surface area (Å²) >= 11 is 0. The van der Waals surface area contributed by atoms with Crippen molar-refractivity contribution >= 4 is 37.5 Å². The van der Waals surface area contributed by atoms with Crippen molar-refractivity contribution in [3.8, 4) is 5.75 Å². The standard InChI is InChI=1S/C5H11NO2P.ClH.Na/c1-6(2,3-4-7)5-9-8;;/h7H,3-4H2,1-2H3;1H;/q+1;;/p-1. The molecule has 0 spiro atoms. The molecule has 0 fully saturated rings. The van der Waals surface area contributed by atoms with E-state index in [0.29, 0.717) is 11.0 Å². The number of aliphatic hydroxyl groups excluding tert-OH is 1. The van der Waals surface area contributed by atoms with Crippen molar-refractivity contribution in [2.24, 2.45) is 0 Å². The molecule has 0 aliphatic heterocycles. The Bertz CT molecular complexity index is 180. The van der Waals surface area contributed by atoms with Crippen LogP contribution in [0.2, 0.25) is 0 Å². The molecule has 0 saturated carbocycles. The van der Waals surface area contributed by atoms with Crippen molar-refractivity contribution in [3.05, 3.63) is 0 Å². The van der Waals surface area contributed by atoms with Gasteiger partial charge in [0.15, 0.2) is 0 Å². The average Bonchev–Trinajstić information content (AvgIpc) is 1.64. The third-order valence-electron chi connectivity index (χ3n) is 0.971. The van der Waals surface area contributed by atoms with E-state index in [9.17, 15) is 4.57 Å². The SMILES string of the molecule is C[N+](C)(C#P=O)CCO.[Cl-].[Na]. The molecular formula is C5H11ClNNaO2P. The van der Waals surface area contributed by atoms with Crippen LogP contribution < -0.4 is 12.4 Å². The van der Waals surface area contributed by atoms with Crippen LogP contribution in [-0.4, -0.2) is 66.4 Å². The molecule has 0 bridgehead atoms. The summed E-state index contributed by atoms with van der Waals surface area (Å²) in [7, 11) is 3.54. The number of aliphatic hydroxyl groups is 1. The second-order valence-corrected chi connectivity index (χ2v) is 2.71. The van der Waals surface area contributed by atoms with Gasteiger partial charge in [-0.05, 0) is 0 Å². The van der Waals surface area contributed by atoms with Crippen LogP contribution in [0.25, 0.3) is 0 Å². The van der Waals surface area contributed by atoms with Crippen LogP contribution in [0.15, 0.2) is 0 Å². The average molecular weight is 207 g/mol. The maximum Gasteiger partial charge on any atom is 0 e. The molecule has 0 amide bonds. The first-order valence-electron chi connectivity index (χ1n) is 2.66. The van der Waals surface area contributed by atoms with E-state index in [2.05, 4.69) is 5.75 Å². The van der Waals surface area contributed by atoms with Crippen LogP contribution in [0.1, 0.15) is 0 Å². The third kappa shape index (κ3) is 11.2. The summed E-state index contributed by atoms with van der Waals surface area (Å²) in [6, 6.07) is 0. The van der Waals surface area contributed by atoms with Crippen molar-refractivity contribution < 1.29 is 26.6 Å². The summed E-state index contributed by atoms with van der Waals surface area (Å²) in [5.41, 5.74) is 0. The molecule has 0 aromatic rings. The van der Waals surface area contributed by atoms with Crippen LogP contribution in [-0.2, 0) is 4.57 Å². The fourth-order valence-electron chi connectivity index (χ4n) is 0.411. The van der Waals surface area contributed by atoms with E-state index in [1.54, 1.807) is 0 Å². The molecule has 0 atom stereocenters. The minimum Gasteiger partial charge on any atom is -1.00 e. The van der Waals surface area contributed by atoms with Gasteiger partial charge < -0.3 is 12.4 Å². The van der Waals surface area contributed by atoms with E-state index in [4.69, 9.17) is 5.11 Å². The van der Waals surface area contributed by atoms with Gasteiger partial charge in [0.25, 0.3) is 0 Å². The number of likely N-dealkylation sites (N-methyl/N-ethyl adjacent to an activating group) is 1. The topological polar surface area (TPSA) is 37.3 Å². The first kappa shape index (κ1) is 18.1. The Kier molecular flexibility index (Phi) is 15.3. The summed E-state index contributed by atoms with van der Waals surface area (Å²) in [5, 5.41) is 8.47. The monoisotopic (exact) mass is 206 g/mol.